The molecule has 1 aromatic rings. The van der Waals surface area contributed by atoms with Gasteiger partial charge in [-0.3, -0.25) is 4.90 Å². The number of hydrogen-bond donors (Lipinski definition) is 1. The summed E-state index contributed by atoms with van der Waals surface area (Å²) in [6.45, 7) is 9.47. The molecule has 0 radical (unpaired) electrons. The Morgan fingerprint density at radius 1 is 1.33 bits per heavy atom. The molecule has 2 unspecified atom stereocenters. The highest BCUT2D eigenvalue weighted by Gasteiger charge is 2.21. The molecule has 2 nitrogen and oxygen atoms in total. The Bertz CT molecular complexity index is 323. The van der Waals surface area contributed by atoms with Crippen molar-refractivity contribution < 1.29 is 0 Å². The fourth-order valence-corrected chi connectivity index (χ4v) is 3.41. The fourth-order valence-electron chi connectivity index (χ4n) is 2.71. The van der Waals surface area contributed by atoms with Crippen LogP contribution in [-0.2, 0) is 6.42 Å². The molecular weight excluding hydrogens is 240 g/mol. The van der Waals surface area contributed by atoms with Gasteiger partial charge >= 0.3 is 0 Å². The minimum absolute atomic E-state index is 0.778. The molecule has 1 aliphatic heterocycles. The van der Waals surface area contributed by atoms with Crippen molar-refractivity contribution in [3.05, 3.63) is 22.4 Å². The predicted molar refractivity (Wildman–Crippen MR) is 80.3 cm³/mol. The zero-order valence-electron chi connectivity index (χ0n) is 11.7. The zero-order valence-corrected chi connectivity index (χ0v) is 12.5. The lowest BCUT2D eigenvalue weighted by Gasteiger charge is -2.36. The number of likely N-dealkylation sites (tertiary alicyclic amines) is 1. The van der Waals surface area contributed by atoms with Crippen LogP contribution in [0.25, 0.3) is 0 Å². The third-order valence-electron chi connectivity index (χ3n) is 3.99. The molecule has 1 fully saturated rings. The Hall–Kier alpha value is -0.380. The highest BCUT2D eigenvalue weighted by molar-refractivity contribution is 7.07. The molecule has 0 aromatic carbocycles. The second kappa shape index (κ2) is 7.27. The molecule has 18 heavy (non-hydrogen) atoms. The lowest BCUT2D eigenvalue weighted by molar-refractivity contribution is 0.126. The highest BCUT2D eigenvalue weighted by atomic mass is 32.1. The summed E-state index contributed by atoms with van der Waals surface area (Å²) in [7, 11) is 0. The molecule has 2 heterocycles. The van der Waals surface area contributed by atoms with E-state index in [1.165, 1.54) is 31.5 Å². The van der Waals surface area contributed by atoms with Gasteiger partial charge < -0.3 is 5.32 Å². The van der Waals surface area contributed by atoms with Crippen LogP contribution in [0.1, 0.15) is 32.3 Å². The molecule has 0 amide bonds. The Kier molecular flexibility index (Phi) is 5.67. The van der Waals surface area contributed by atoms with Crippen LogP contribution in [0.15, 0.2) is 16.8 Å². The molecule has 1 saturated heterocycles. The maximum atomic E-state index is 3.57. The van der Waals surface area contributed by atoms with Gasteiger partial charge in [0.25, 0.3) is 0 Å². The molecule has 102 valence electrons. The van der Waals surface area contributed by atoms with Crippen LogP contribution in [-0.4, -0.2) is 37.1 Å². The third-order valence-corrected chi connectivity index (χ3v) is 4.73. The van der Waals surface area contributed by atoms with Gasteiger partial charge in [-0.15, -0.1) is 0 Å². The van der Waals surface area contributed by atoms with Crippen LogP contribution >= 0.6 is 11.3 Å². The average molecular weight is 266 g/mol. The molecule has 2 rings (SSSR count). The van der Waals surface area contributed by atoms with Crippen LogP contribution in [0.4, 0.5) is 0 Å². The Balaban J connectivity index is 1.57. The van der Waals surface area contributed by atoms with Gasteiger partial charge in [0.2, 0.25) is 0 Å². The van der Waals surface area contributed by atoms with E-state index in [0.29, 0.717) is 0 Å². The summed E-state index contributed by atoms with van der Waals surface area (Å²) in [6, 6.07) is 3.00. The van der Waals surface area contributed by atoms with Crippen molar-refractivity contribution in [2.24, 2.45) is 5.92 Å². The second-order valence-electron chi connectivity index (χ2n) is 5.66. The first-order chi connectivity index (χ1) is 8.75. The van der Waals surface area contributed by atoms with Gasteiger partial charge in [0.15, 0.2) is 0 Å². The Morgan fingerprint density at radius 2 is 2.22 bits per heavy atom. The average Bonchev–Trinajstić information content (AvgIpc) is 2.86. The molecule has 0 aliphatic carbocycles. The SMILES string of the molecule is CC1CCC(C)N(CCNCCc2ccsc2)C1. The summed E-state index contributed by atoms with van der Waals surface area (Å²) < 4.78 is 0. The number of piperidine rings is 1. The van der Waals surface area contributed by atoms with Gasteiger partial charge in [-0.2, -0.15) is 11.3 Å². The highest BCUT2D eigenvalue weighted by Crippen LogP contribution is 2.20. The lowest BCUT2D eigenvalue weighted by atomic mass is 9.95. The minimum Gasteiger partial charge on any atom is -0.315 e. The normalized spacial score (nSPS) is 25.4. The quantitative estimate of drug-likeness (QED) is 0.796. The van der Waals surface area contributed by atoms with Crippen molar-refractivity contribution in [3.8, 4) is 0 Å². The van der Waals surface area contributed by atoms with Crippen LogP contribution in [0.5, 0.6) is 0 Å². The van der Waals surface area contributed by atoms with Gasteiger partial charge in [0.1, 0.15) is 0 Å². The van der Waals surface area contributed by atoms with E-state index in [1.54, 1.807) is 11.3 Å². The van der Waals surface area contributed by atoms with Crippen molar-refractivity contribution in [2.75, 3.05) is 26.2 Å². The van der Waals surface area contributed by atoms with E-state index in [1.807, 2.05) is 0 Å². The number of nitrogens with zero attached hydrogens (tertiary/aromatic N) is 1. The Morgan fingerprint density at radius 3 is 3.00 bits per heavy atom. The van der Waals surface area contributed by atoms with Gasteiger partial charge in [-0.1, -0.05) is 6.92 Å². The van der Waals surface area contributed by atoms with Gasteiger partial charge in [0, 0.05) is 25.7 Å². The second-order valence-corrected chi connectivity index (χ2v) is 6.44. The first kappa shape index (κ1) is 14.0. The van der Waals surface area contributed by atoms with E-state index in [9.17, 15) is 0 Å². The van der Waals surface area contributed by atoms with E-state index >= 15 is 0 Å². The van der Waals surface area contributed by atoms with Gasteiger partial charge in [-0.05, 0) is 61.0 Å². The molecule has 1 aliphatic rings. The Labute approximate surface area is 115 Å². The standard InChI is InChI=1S/C15H26N2S/c1-13-3-4-14(2)17(11-13)9-8-16-7-5-15-6-10-18-12-15/h6,10,12-14,16H,3-5,7-9,11H2,1-2H3. The van der Waals surface area contributed by atoms with Gasteiger partial charge in [-0.25, -0.2) is 0 Å². The summed E-state index contributed by atoms with van der Waals surface area (Å²) in [6.07, 6.45) is 3.94. The van der Waals surface area contributed by atoms with Crippen LogP contribution < -0.4 is 5.32 Å². The van der Waals surface area contributed by atoms with Crippen molar-refractivity contribution >= 4 is 11.3 Å². The molecule has 0 bridgehead atoms. The molecule has 0 saturated carbocycles. The predicted octanol–water partition coefficient (Wildman–Crippen LogP) is 3.00. The van der Waals surface area contributed by atoms with E-state index in [-0.39, 0.29) is 0 Å². The molecule has 0 spiro atoms. The number of hydrogen-bond acceptors (Lipinski definition) is 3. The monoisotopic (exact) mass is 266 g/mol. The summed E-state index contributed by atoms with van der Waals surface area (Å²) in [4.78, 5) is 2.64. The van der Waals surface area contributed by atoms with E-state index in [0.717, 1.165) is 31.5 Å². The summed E-state index contributed by atoms with van der Waals surface area (Å²) in [5.74, 6) is 0.881. The summed E-state index contributed by atoms with van der Waals surface area (Å²) in [5, 5.41) is 7.97. The number of thiophene rings is 1. The van der Waals surface area contributed by atoms with Crippen molar-refractivity contribution in [2.45, 2.75) is 39.2 Å². The van der Waals surface area contributed by atoms with Crippen LogP contribution in [0, 0.1) is 5.92 Å². The van der Waals surface area contributed by atoms with Crippen molar-refractivity contribution in [1.82, 2.24) is 10.2 Å². The summed E-state index contributed by atoms with van der Waals surface area (Å²) in [5.41, 5.74) is 1.47. The topological polar surface area (TPSA) is 15.3 Å². The maximum Gasteiger partial charge on any atom is 0.0110 e. The van der Waals surface area contributed by atoms with Crippen LogP contribution in [0.3, 0.4) is 0 Å². The lowest BCUT2D eigenvalue weighted by Crippen LogP contribution is -2.44. The van der Waals surface area contributed by atoms with E-state index in [2.05, 4.69) is 40.9 Å². The first-order valence-electron chi connectivity index (χ1n) is 7.21. The zero-order chi connectivity index (χ0) is 12.8. The molecular formula is C15H26N2S. The molecule has 2 atom stereocenters. The van der Waals surface area contributed by atoms with Crippen molar-refractivity contribution in [3.63, 3.8) is 0 Å². The fraction of sp³-hybridized carbons (Fsp3) is 0.733. The summed E-state index contributed by atoms with van der Waals surface area (Å²) >= 11 is 1.79. The van der Waals surface area contributed by atoms with E-state index < -0.39 is 0 Å². The molecule has 1 N–H and O–H groups in total. The minimum atomic E-state index is 0.778. The molecule has 1 aromatic heterocycles. The third kappa shape index (κ3) is 4.38. The first-order valence-corrected chi connectivity index (χ1v) is 8.16. The van der Waals surface area contributed by atoms with Crippen molar-refractivity contribution in [1.29, 1.82) is 0 Å². The van der Waals surface area contributed by atoms with Crippen LogP contribution in [0.2, 0.25) is 0 Å². The number of rotatable bonds is 6. The number of nitrogens with one attached hydrogen (secondary N) is 1. The smallest absolute Gasteiger partial charge is 0.0110 e. The van der Waals surface area contributed by atoms with E-state index in [4.69, 9.17) is 0 Å². The maximum absolute atomic E-state index is 3.57. The van der Waals surface area contributed by atoms with Gasteiger partial charge in [0.05, 0.1) is 0 Å². The largest absolute Gasteiger partial charge is 0.315 e. The molecule has 3 heteroatoms.